The van der Waals surface area contributed by atoms with Crippen molar-refractivity contribution in [2.45, 2.75) is 44.9 Å². The van der Waals surface area contributed by atoms with Crippen LogP contribution >= 0.6 is 0 Å². The van der Waals surface area contributed by atoms with Crippen LogP contribution in [0.1, 0.15) is 46.2 Å². The van der Waals surface area contributed by atoms with Gasteiger partial charge in [-0.1, -0.05) is 24.3 Å². The molecule has 0 N–H and O–H groups in total. The van der Waals surface area contributed by atoms with Crippen LogP contribution in [0.25, 0.3) is 0 Å². The summed E-state index contributed by atoms with van der Waals surface area (Å²) < 4.78 is 19.3. The highest BCUT2D eigenvalue weighted by atomic mass is 19.1. The van der Waals surface area contributed by atoms with E-state index in [-0.39, 0.29) is 17.8 Å². The molecule has 0 spiro atoms. The molecule has 3 aromatic rings. The van der Waals surface area contributed by atoms with E-state index in [0.717, 1.165) is 53.9 Å². The molecule has 0 unspecified atom stereocenters. The normalized spacial score (nSPS) is 19.6. The number of carbonyl (C=O) groups excluding carboxylic acids is 1. The second kappa shape index (κ2) is 9.43. The summed E-state index contributed by atoms with van der Waals surface area (Å²) in [7, 11) is 1.54. The summed E-state index contributed by atoms with van der Waals surface area (Å²) in [5, 5.41) is 0. The van der Waals surface area contributed by atoms with Crippen LogP contribution in [-0.4, -0.2) is 57.6 Å². The van der Waals surface area contributed by atoms with Crippen LogP contribution in [0.3, 0.4) is 0 Å². The topological polar surface area (TPSA) is 70.9 Å². The maximum Gasteiger partial charge on any atom is 0.316 e. The van der Waals surface area contributed by atoms with E-state index in [1.165, 1.54) is 11.6 Å². The quantitative estimate of drug-likeness (QED) is 0.553. The number of hydrogen-bond donors (Lipinski definition) is 0. The molecule has 1 amide bonds. The molecule has 0 aliphatic carbocycles. The van der Waals surface area contributed by atoms with Crippen molar-refractivity contribution in [2.75, 3.05) is 20.2 Å². The Labute approximate surface area is 209 Å². The predicted molar refractivity (Wildman–Crippen MR) is 133 cm³/mol. The summed E-state index contributed by atoms with van der Waals surface area (Å²) in [5.41, 5.74) is 6.93. The Balaban J connectivity index is 1.21. The van der Waals surface area contributed by atoms with E-state index in [0.29, 0.717) is 37.6 Å². The van der Waals surface area contributed by atoms with Gasteiger partial charge in [-0.15, -0.1) is 0 Å². The lowest BCUT2D eigenvalue weighted by atomic mass is 9.90. The number of nitrogens with zero attached hydrogens (tertiary/aromatic N) is 5. The van der Waals surface area contributed by atoms with Gasteiger partial charge in [0.25, 0.3) is 0 Å². The van der Waals surface area contributed by atoms with Gasteiger partial charge in [0.2, 0.25) is 5.91 Å². The lowest BCUT2D eigenvalue weighted by molar-refractivity contribution is -0.135. The van der Waals surface area contributed by atoms with Gasteiger partial charge >= 0.3 is 6.01 Å². The largest absolute Gasteiger partial charge is 0.467 e. The maximum absolute atomic E-state index is 14.2. The van der Waals surface area contributed by atoms with Crippen molar-refractivity contribution in [3.63, 3.8) is 0 Å². The number of methoxy groups -OCH3 is 1. The molecule has 4 heterocycles. The minimum Gasteiger partial charge on any atom is -0.467 e. The van der Waals surface area contributed by atoms with E-state index in [1.807, 2.05) is 17.0 Å². The van der Waals surface area contributed by atoms with Gasteiger partial charge in [0.1, 0.15) is 5.82 Å². The van der Waals surface area contributed by atoms with Crippen LogP contribution < -0.4 is 4.74 Å². The van der Waals surface area contributed by atoms with Crippen LogP contribution in [0.15, 0.2) is 53.8 Å². The average molecular weight is 486 g/mol. The van der Waals surface area contributed by atoms with Crippen LogP contribution in [0, 0.1) is 5.82 Å². The van der Waals surface area contributed by atoms with E-state index in [1.54, 1.807) is 25.6 Å². The molecule has 1 saturated heterocycles. The van der Waals surface area contributed by atoms with Gasteiger partial charge < -0.3 is 9.64 Å². The second-order valence-electron chi connectivity index (χ2n) is 9.72. The van der Waals surface area contributed by atoms with Crippen LogP contribution in [0.2, 0.25) is 0 Å². The van der Waals surface area contributed by atoms with Crippen molar-refractivity contribution in [1.29, 1.82) is 0 Å². The number of rotatable bonds is 5. The minimum absolute atomic E-state index is 0.127. The van der Waals surface area contributed by atoms with Crippen LogP contribution in [-0.2, 0) is 30.8 Å². The Kier molecular flexibility index (Phi) is 5.97. The summed E-state index contributed by atoms with van der Waals surface area (Å²) >= 11 is 0. The standard InChI is InChI=1S/C28H28FN5O2/c1-36-28-31-13-22(14-32-28)27-24-10-21-16-34(26(35)11-19(21)9-20(24)12-30-27)23-6-4-8-33(17-23)15-18-5-2-3-7-25(18)29/h2-3,5,7,9-10,13-14,23H,4,6,8,11-12,15-17H2,1H3/t23-/m1/s1. The van der Waals surface area contributed by atoms with Gasteiger partial charge in [-0.3, -0.25) is 14.7 Å². The maximum atomic E-state index is 14.2. The molecular formula is C28H28FN5O2. The number of piperidine rings is 1. The van der Waals surface area contributed by atoms with Gasteiger partial charge in [0.15, 0.2) is 0 Å². The van der Waals surface area contributed by atoms with E-state index in [4.69, 9.17) is 9.73 Å². The van der Waals surface area contributed by atoms with Gasteiger partial charge in [-0.2, -0.15) is 0 Å². The number of aromatic nitrogens is 2. The molecule has 1 aromatic heterocycles. The third-order valence-corrected chi connectivity index (χ3v) is 7.45. The molecule has 0 bridgehead atoms. The molecule has 2 aromatic carbocycles. The lowest BCUT2D eigenvalue weighted by Gasteiger charge is -2.41. The number of ether oxygens (including phenoxy) is 1. The number of likely N-dealkylation sites (tertiary alicyclic amines) is 1. The summed E-state index contributed by atoms with van der Waals surface area (Å²) in [6.07, 6.45) is 5.85. The summed E-state index contributed by atoms with van der Waals surface area (Å²) in [6.45, 7) is 3.43. The van der Waals surface area contributed by atoms with Crippen molar-refractivity contribution >= 4 is 11.6 Å². The molecule has 184 valence electrons. The molecular weight excluding hydrogens is 457 g/mol. The minimum atomic E-state index is -0.170. The number of fused-ring (bicyclic) bond motifs is 2. The molecule has 7 nitrogen and oxygen atoms in total. The second-order valence-corrected chi connectivity index (χ2v) is 9.72. The molecule has 6 rings (SSSR count). The summed E-state index contributed by atoms with van der Waals surface area (Å²) in [5.74, 6) is -0.000863. The van der Waals surface area contributed by atoms with Gasteiger partial charge in [0, 0.05) is 54.8 Å². The smallest absolute Gasteiger partial charge is 0.316 e. The van der Waals surface area contributed by atoms with Crippen molar-refractivity contribution in [2.24, 2.45) is 4.99 Å². The third kappa shape index (κ3) is 4.26. The molecule has 1 fully saturated rings. The van der Waals surface area contributed by atoms with E-state index in [9.17, 15) is 9.18 Å². The summed E-state index contributed by atoms with van der Waals surface area (Å²) in [6, 6.07) is 11.7. The number of benzene rings is 2. The first-order chi connectivity index (χ1) is 17.6. The fourth-order valence-corrected chi connectivity index (χ4v) is 5.61. The number of halogens is 1. The first-order valence-corrected chi connectivity index (χ1v) is 12.4. The van der Waals surface area contributed by atoms with Crippen molar-refractivity contribution in [1.82, 2.24) is 19.8 Å². The number of aliphatic imine (C=N–C) groups is 1. The van der Waals surface area contributed by atoms with Gasteiger partial charge in [-0.25, -0.2) is 14.4 Å². The monoisotopic (exact) mass is 485 g/mol. The molecule has 0 saturated carbocycles. The summed E-state index contributed by atoms with van der Waals surface area (Å²) in [4.78, 5) is 30.7. The fraction of sp³-hybridized carbons (Fsp3) is 0.357. The Bertz CT molecular complexity index is 1340. The molecule has 8 heteroatoms. The lowest BCUT2D eigenvalue weighted by Crippen LogP contribution is -2.51. The highest BCUT2D eigenvalue weighted by molar-refractivity contribution is 6.15. The third-order valence-electron chi connectivity index (χ3n) is 7.45. The fourth-order valence-electron chi connectivity index (χ4n) is 5.61. The van der Waals surface area contributed by atoms with Crippen LogP contribution in [0.5, 0.6) is 6.01 Å². The molecule has 3 aliphatic rings. The Morgan fingerprint density at radius 3 is 2.75 bits per heavy atom. The Morgan fingerprint density at radius 2 is 1.94 bits per heavy atom. The highest BCUT2D eigenvalue weighted by Gasteiger charge is 2.33. The number of amides is 1. The van der Waals surface area contributed by atoms with Crippen LogP contribution in [0.4, 0.5) is 4.39 Å². The van der Waals surface area contributed by atoms with E-state index in [2.05, 4.69) is 27.0 Å². The average Bonchev–Trinajstić information content (AvgIpc) is 3.31. The Hall–Kier alpha value is -3.65. The van der Waals surface area contributed by atoms with Gasteiger partial charge in [0.05, 0.1) is 25.8 Å². The SMILES string of the molecule is COc1ncc(C2=NCc3cc4c(cc32)CN([C@@H]2CCCN(Cc3ccccc3F)C2)C(=O)C4)cn1. The first-order valence-electron chi connectivity index (χ1n) is 12.4. The zero-order chi connectivity index (χ0) is 24.6. The first kappa shape index (κ1) is 22.8. The predicted octanol–water partition coefficient (Wildman–Crippen LogP) is 3.52. The van der Waals surface area contributed by atoms with Crippen molar-refractivity contribution < 1.29 is 13.9 Å². The number of carbonyl (C=O) groups is 1. The molecule has 0 radical (unpaired) electrons. The number of hydrogen-bond acceptors (Lipinski definition) is 6. The zero-order valence-electron chi connectivity index (χ0n) is 20.3. The van der Waals surface area contributed by atoms with Crippen molar-refractivity contribution in [3.05, 3.63) is 88.0 Å². The highest BCUT2D eigenvalue weighted by Crippen LogP contribution is 2.32. The van der Waals surface area contributed by atoms with E-state index >= 15 is 0 Å². The Morgan fingerprint density at radius 1 is 1.11 bits per heavy atom. The molecule has 3 aliphatic heterocycles. The molecule has 36 heavy (non-hydrogen) atoms. The van der Waals surface area contributed by atoms with Gasteiger partial charge in [-0.05, 0) is 48.2 Å². The van der Waals surface area contributed by atoms with E-state index < -0.39 is 0 Å². The molecule has 1 atom stereocenters. The zero-order valence-corrected chi connectivity index (χ0v) is 20.3. The van der Waals surface area contributed by atoms with Crippen molar-refractivity contribution in [3.8, 4) is 6.01 Å².